The number of rotatable bonds is 3. The molecule has 5 heteroatoms. The molecule has 0 spiro atoms. The van der Waals surface area contributed by atoms with Gasteiger partial charge in [-0.05, 0) is 44.0 Å². The standard InChI is InChI=1S/C16H23N3O2/c1-4-18-15(20)14-10-17-7-8-19(14)16(21)13-6-5-11(2)12(3)9-13/h5-6,9,14,17H,4,7-8,10H2,1-3H3,(H,18,20). The van der Waals surface area contributed by atoms with E-state index in [0.29, 0.717) is 31.7 Å². The second kappa shape index (κ2) is 6.72. The van der Waals surface area contributed by atoms with Gasteiger partial charge in [-0.2, -0.15) is 0 Å². The summed E-state index contributed by atoms with van der Waals surface area (Å²) < 4.78 is 0. The Kier molecular flexibility index (Phi) is 4.96. The molecule has 2 N–H and O–H groups in total. The fourth-order valence-electron chi connectivity index (χ4n) is 2.51. The molecular weight excluding hydrogens is 266 g/mol. The summed E-state index contributed by atoms with van der Waals surface area (Å²) in [6.45, 7) is 8.23. The highest BCUT2D eigenvalue weighted by molar-refractivity contribution is 5.98. The van der Waals surface area contributed by atoms with Gasteiger partial charge in [0.1, 0.15) is 6.04 Å². The SMILES string of the molecule is CCNC(=O)C1CNCCN1C(=O)c1ccc(C)c(C)c1. The van der Waals surface area contributed by atoms with Gasteiger partial charge >= 0.3 is 0 Å². The molecule has 1 aliphatic rings. The van der Waals surface area contributed by atoms with Crippen molar-refractivity contribution < 1.29 is 9.59 Å². The van der Waals surface area contributed by atoms with Gasteiger partial charge in [0.2, 0.25) is 5.91 Å². The van der Waals surface area contributed by atoms with E-state index in [-0.39, 0.29) is 11.8 Å². The molecule has 0 aromatic heterocycles. The van der Waals surface area contributed by atoms with Crippen LogP contribution in [0.4, 0.5) is 0 Å². The molecule has 1 heterocycles. The summed E-state index contributed by atoms with van der Waals surface area (Å²) in [5.74, 6) is -0.169. The normalized spacial score (nSPS) is 18.4. The highest BCUT2D eigenvalue weighted by Gasteiger charge is 2.32. The summed E-state index contributed by atoms with van der Waals surface area (Å²) in [5.41, 5.74) is 2.90. The van der Waals surface area contributed by atoms with Crippen LogP contribution in [0.2, 0.25) is 0 Å². The van der Waals surface area contributed by atoms with Crippen LogP contribution >= 0.6 is 0 Å². The molecule has 1 unspecified atom stereocenters. The molecule has 1 fully saturated rings. The second-order valence-electron chi connectivity index (χ2n) is 5.41. The van der Waals surface area contributed by atoms with E-state index in [1.807, 2.05) is 39.0 Å². The van der Waals surface area contributed by atoms with Gasteiger partial charge in [0.25, 0.3) is 5.91 Å². The molecule has 0 saturated carbocycles. The molecule has 1 aliphatic heterocycles. The molecule has 5 nitrogen and oxygen atoms in total. The molecule has 0 radical (unpaired) electrons. The molecule has 114 valence electrons. The van der Waals surface area contributed by atoms with Gasteiger partial charge in [-0.3, -0.25) is 9.59 Å². The van der Waals surface area contributed by atoms with E-state index < -0.39 is 6.04 Å². The zero-order valence-corrected chi connectivity index (χ0v) is 12.9. The number of benzene rings is 1. The van der Waals surface area contributed by atoms with Gasteiger partial charge in [0, 0.05) is 31.7 Å². The maximum Gasteiger partial charge on any atom is 0.254 e. The second-order valence-corrected chi connectivity index (χ2v) is 5.41. The predicted molar refractivity (Wildman–Crippen MR) is 82.3 cm³/mol. The van der Waals surface area contributed by atoms with Gasteiger partial charge in [-0.1, -0.05) is 6.07 Å². The quantitative estimate of drug-likeness (QED) is 0.867. The number of nitrogens with zero attached hydrogens (tertiary/aromatic N) is 1. The molecule has 0 bridgehead atoms. The Morgan fingerprint density at radius 3 is 2.76 bits per heavy atom. The maximum absolute atomic E-state index is 12.7. The Labute approximate surface area is 125 Å². The van der Waals surface area contributed by atoms with Crippen molar-refractivity contribution in [3.63, 3.8) is 0 Å². The zero-order chi connectivity index (χ0) is 15.4. The first kappa shape index (κ1) is 15.5. The molecule has 21 heavy (non-hydrogen) atoms. The zero-order valence-electron chi connectivity index (χ0n) is 12.9. The van der Waals surface area contributed by atoms with Gasteiger partial charge in [0.15, 0.2) is 0 Å². The van der Waals surface area contributed by atoms with Crippen molar-refractivity contribution in [1.82, 2.24) is 15.5 Å². The van der Waals surface area contributed by atoms with Crippen molar-refractivity contribution in [2.24, 2.45) is 0 Å². The maximum atomic E-state index is 12.7. The first-order chi connectivity index (χ1) is 10.0. The van der Waals surface area contributed by atoms with Gasteiger partial charge in [-0.15, -0.1) is 0 Å². The number of hydrogen-bond acceptors (Lipinski definition) is 3. The molecular formula is C16H23N3O2. The van der Waals surface area contributed by atoms with E-state index in [1.54, 1.807) is 4.90 Å². The van der Waals surface area contributed by atoms with Crippen molar-refractivity contribution in [1.29, 1.82) is 0 Å². The number of carbonyl (C=O) groups is 2. The average molecular weight is 289 g/mol. The molecule has 1 aromatic rings. The lowest BCUT2D eigenvalue weighted by molar-refractivity contribution is -0.126. The summed E-state index contributed by atoms with van der Waals surface area (Å²) in [6, 6.07) is 5.25. The van der Waals surface area contributed by atoms with Crippen LogP contribution < -0.4 is 10.6 Å². The molecule has 0 aliphatic carbocycles. The molecule has 1 aromatic carbocycles. The highest BCUT2D eigenvalue weighted by atomic mass is 16.2. The topological polar surface area (TPSA) is 61.4 Å². The van der Waals surface area contributed by atoms with Crippen molar-refractivity contribution in [3.05, 3.63) is 34.9 Å². The van der Waals surface area contributed by atoms with Gasteiger partial charge in [-0.25, -0.2) is 0 Å². The number of aryl methyl sites for hydroxylation is 2. The average Bonchev–Trinajstić information content (AvgIpc) is 2.49. The lowest BCUT2D eigenvalue weighted by Crippen LogP contribution is -2.59. The minimum Gasteiger partial charge on any atom is -0.355 e. The number of nitrogens with one attached hydrogen (secondary N) is 2. The fraction of sp³-hybridized carbons (Fsp3) is 0.500. The smallest absolute Gasteiger partial charge is 0.254 e. The predicted octanol–water partition coefficient (Wildman–Crippen LogP) is 0.854. The van der Waals surface area contributed by atoms with E-state index in [4.69, 9.17) is 0 Å². The Balaban J connectivity index is 2.21. The lowest BCUT2D eigenvalue weighted by atomic mass is 10.0. The lowest BCUT2D eigenvalue weighted by Gasteiger charge is -2.35. The van der Waals surface area contributed by atoms with Crippen LogP contribution in [0.15, 0.2) is 18.2 Å². The molecule has 1 atom stereocenters. The first-order valence-corrected chi connectivity index (χ1v) is 7.41. The van der Waals surface area contributed by atoms with E-state index in [1.165, 1.54) is 0 Å². The third-order valence-corrected chi connectivity index (χ3v) is 3.91. The van der Waals surface area contributed by atoms with Crippen molar-refractivity contribution in [2.45, 2.75) is 26.8 Å². The first-order valence-electron chi connectivity index (χ1n) is 7.41. The largest absolute Gasteiger partial charge is 0.355 e. The Hall–Kier alpha value is -1.88. The number of piperazine rings is 1. The monoisotopic (exact) mass is 289 g/mol. The third kappa shape index (κ3) is 3.42. The van der Waals surface area contributed by atoms with E-state index in [9.17, 15) is 9.59 Å². The minimum absolute atomic E-state index is 0.0733. The van der Waals surface area contributed by atoms with Gasteiger partial charge < -0.3 is 15.5 Å². The van der Waals surface area contributed by atoms with Crippen molar-refractivity contribution in [2.75, 3.05) is 26.2 Å². The van der Waals surface area contributed by atoms with E-state index in [2.05, 4.69) is 10.6 Å². The van der Waals surface area contributed by atoms with Crippen LogP contribution in [0.5, 0.6) is 0 Å². The Morgan fingerprint density at radius 2 is 2.10 bits per heavy atom. The molecule has 2 amide bonds. The van der Waals surface area contributed by atoms with Gasteiger partial charge in [0.05, 0.1) is 0 Å². The molecule has 1 saturated heterocycles. The van der Waals surface area contributed by atoms with Crippen LogP contribution in [-0.4, -0.2) is 48.9 Å². The number of carbonyl (C=O) groups excluding carboxylic acids is 2. The van der Waals surface area contributed by atoms with Crippen LogP contribution in [0.1, 0.15) is 28.4 Å². The van der Waals surface area contributed by atoms with Crippen LogP contribution in [0, 0.1) is 13.8 Å². The summed E-state index contributed by atoms with van der Waals surface area (Å²) in [7, 11) is 0. The number of amides is 2. The number of likely N-dealkylation sites (N-methyl/N-ethyl adjacent to an activating group) is 1. The van der Waals surface area contributed by atoms with Crippen LogP contribution in [0.3, 0.4) is 0 Å². The fourth-order valence-corrected chi connectivity index (χ4v) is 2.51. The number of hydrogen-bond donors (Lipinski definition) is 2. The van der Waals surface area contributed by atoms with Crippen LogP contribution in [-0.2, 0) is 4.79 Å². The summed E-state index contributed by atoms with van der Waals surface area (Å²) in [4.78, 5) is 26.5. The Morgan fingerprint density at radius 1 is 1.33 bits per heavy atom. The summed E-state index contributed by atoms with van der Waals surface area (Å²) >= 11 is 0. The molecule has 2 rings (SSSR count). The van der Waals surface area contributed by atoms with Crippen LogP contribution in [0.25, 0.3) is 0 Å². The van der Waals surface area contributed by atoms with E-state index >= 15 is 0 Å². The third-order valence-electron chi connectivity index (χ3n) is 3.91. The van der Waals surface area contributed by atoms with Crippen molar-refractivity contribution >= 4 is 11.8 Å². The Bertz CT molecular complexity index is 542. The summed E-state index contributed by atoms with van der Waals surface area (Å²) in [5, 5.41) is 5.98. The minimum atomic E-state index is -0.437. The van der Waals surface area contributed by atoms with E-state index in [0.717, 1.165) is 11.1 Å². The highest BCUT2D eigenvalue weighted by Crippen LogP contribution is 2.15. The summed E-state index contributed by atoms with van der Waals surface area (Å²) in [6.07, 6.45) is 0. The van der Waals surface area contributed by atoms with Crippen molar-refractivity contribution in [3.8, 4) is 0 Å².